The maximum atomic E-state index is 11.0. The fourth-order valence-corrected chi connectivity index (χ4v) is 2.60. The maximum absolute atomic E-state index is 11.0. The molecule has 98 valence electrons. The Morgan fingerprint density at radius 3 is 2.78 bits per heavy atom. The molecule has 5 N–H and O–H groups in total. The molecule has 0 radical (unpaired) electrons. The quantitative estimate of drug-likeness (QED) is 0.785. The molecule has 0 spiro atoms. The second-order valence-corrected chi connectivity index (χ2v) is 5.23. The number of hydrogen-bond acceptors (Lipinski definition) is 3. The fourth-order valence-electron chi connectivity index (χ4n) is 2.36. The Morgan fingerprint density at radius 2 is 2.17 bits per heavy atom. The smallest absolute Gasteiger partial charge is 0.248 e. The molecule has 2 atom stereocenters. The molecule has 1 saturated carbocycles. The molecule has 1 amide bonds. The topological polar surface area (TPSA) is 81.1 Å². The Morgan fingerprint density at radius 1 is 1.39 bits per heavy atom. The first-order chi connectivity index (χ1) is 8.56. The summed E-state index contributed by atoms with van der Waals surface area (Å²) in [6, 6.07) is 5.68. The lowest BCUT2D eigenvalue weighted by Gasteiger charge is -2.28. The Balaban J connectivity index is 2.07. The molecule has 0 aromatic heterocycles. The molecule has 0 bridgehead atoms. The van der Waals surface area contributed by atoms with Crippen molar-refractivity contribution in [3.8, 4) is 0 Å². The lowest BCUT2D eigenvalue weighted by Crippen LogP contribution is -2.34. The third-order valence-corrected chi connectivity index (χ3v) is 3.64. The van der Waals surface area contributed by atoms with Crippen molar-refractivity contribution in [3.05, 3.63) is 28.8 Å². The van der Waals surface area contributed by atoms with E-state index >= 15 is 0 Å². The van der Waals surface area contributed by atoms with Crippen LogP contribution in [0.4, 0.5) is 5.69 Å². The van der Waals surface area contributed by atoms with Crippen molar-refractivity contribution in [2.45, 2.75) is 37.8 Å². The molecule has 1 aromatic rings. The van der Waals surface area contributed by atoms with Crippen LogP contribution in [-0.2, 0) is 0 Å². The van der Waals surface area contributed by atoms with Crippen molar-refractivity contribution in [3.63, 3.8) is 0 Å². The van der Waals surface area contributed by atoms with Crippen molar-refractivity contribution in [2.24, 2.45) is 11.5 Å². The zero-order chi connectivity index (χ0) is 13.1. The predicted molar refractivity (Wildman–Crippen MR) is 73.8 cm³/mol. The highest BCUT2D eigenvalue weighted by Gasteiger charge is 2.19. The van der Waals surface area contributed by atoms with Crippen LogP contribution in [0.2, 0.25) is 5.02 Å². The summed E-state index contributed by atoms with van der Waals surface area (Å²) in [5.74, 6) is -0.469. The van der Waals surface area contributed by atoms with Gasteiger partial charge in [-0.1, -0.05) is 11.6 Å². The molecule has 2 rings (SSSR count). The van der Waals surface area contributed by atoms with E-state index in [9.17, 15) is 4.79 Å². The van der Waals surface area contributed by atoms with E-state index in [1.54, 1.807) is 18.2 Å². The Kier molecular flexibility index (Phi) is 4.09. The van der Waals surface area contributed by atoms with E-state index in [4.69, 9.17) is 23.1 Å². The minimum atomic E-state index is -0.469. The summed E-state index contributed by atoms with van der Waals surface area (Å²) in [5, 5.41) is 3.90. The zero-order valence-electron chi connectivity index (χ0n) is 10.2. The van der Waals surface area contributed by atoms with Gasteiger partial charge < -0.3 is 16.8 Å². The van der Waals surface area contributed by atoms with E-state index in [0.29, 0.717) is 16.6 Å². The minimum absolute atomic E-state index is 0.264. The summed E-state index contributed by atoms with van der Waals surface area (Å²) < 4.78 is 0. The molecule has 1 aromatic carbocycles. The van der Waals surface area contributed by atoms with Gasteiger partial charge in [0.1, 0.15) is 0 Å². The van der Waals surface area contributed by atoms with Crippen molar-refractivity contribution < 1.29 is 4.79 Å². The van der Waals surface area contributed by atoms with Gasteiger partial charge in [-0.05, 0) is 43.9 Å². The average molecular weight is 268 g/mol. The van der Waals surface area contributed by atoms with Gasteiger partial charge in [-0.15, -0.1) is 0 Å². The van der Waals surface area contributed by atoms with Gasteiger partial charge in [0.15, 0.2) is 0 Å². The van der Waals surface area contributed by atoms with Crippen LogP contribution in [-0.4, -0.2) is 18.0 Å². The summed E-state index contributed by atoms with van der Waals surface area (Å²) in [7, 11) is 0. The Labute approximate surface area is 112 Å². The first-order valence-corrected chi connectivity index (χ1v) is 6.55. The molecule has 5 heteroatoms. The van der Waals surface area contributed by atoms with Gasteiger partial charge in [0.2, 0.25) is 5.91 Å². The third-order valence-electron chi connectivity index (χ3n) is 3.33. The van der Waals surface area contributed by atoms with Gasteiger partial charge in [0.25, 0.3) is 0 Å². The first kappa shape index (κ1) is 13.2. The van der Waals surface area contributed by atoms with Gasteiger partial charge in [0.05, 0.1) is 10.7 Å². The molecule has 4 nitrogen and oxygen atoms in total. The molecular weight excluding hydrogens is 250 g/mol. The van der Waals surface area contributed by atoms with Crippen molar-refractivity contribution in [1.29, 1.82) is 0 Å². The third kappa shape index (κ3) is 3.15. The molecule has 0 aliphatic heterocycles. The number of amides is 1. The molecule has 1 aliphatic rings. The van der Waals surface area contributed by atoms with Gasteiger partial charge in [-0.2, -0.15) is 0 Å². The number of benzene rings is 1. The first-order valence-electron chi connectivity index (χ1n) is 6.17. The molecular formula is C13H18ClN3O. The van der Waals surface area contributed by atoms with Crippen molar-refractivity contribution >= 4 is 23.2 Å². The summed E-state index contributed by atoms with van der Waals surface area (Å²) in [6.07, 6.45) is 4.28. The van der Waals surface area contributed by atoms with Crippen LogP contribution in [0.25, 0.3) is 0 Å². The normalized spacial score (nSPS) is 23.7. The van der Waals surface area contributed by atoms with Crippen LogP contribution in [0.5, 0.6) is 0 Å². The van der Waals surface area contributed by atoms with Crippen LogP contribution < -0.4 is 16.8 Å². The lowest BCUT2D eigenvalue weighted by molar-refractivity contribution is 0.100. The summed E-state index contributed by atoms with van der Waals surface area (Å²) in [6.45, 7) is 0. The van der Waals surface area contributed by atoms with Crippen LogP contribution >= 0.6 is 11.6 Å². The highest BCUT2D eigenvalue weighted by molar-refractivity contribution is 6.33. The summed E-state index contributed by atoms with van der Waals surface area (Å²) in [5.41, 5.74) is 12.4. The molecule has 1 fully saturated rings. The lowest BCUT2D eigenvalue weighted by atomic mass is 9.91. The van der Waals surface area contributed by atoms with Crippen LogP contribution in [0.1, 0.15) is 36.0 Å². The number of carbonyl (C=O) groups is 1. The monoisotopic (exact) mass is 267 g/mol. The van der Waals surface area contributed by atoms with E-state index in [1.807, 2.05) is 0 Å². The number of rotatable bonds is 3. The van der Waals surface area contributed by atoms with E-state index in [1.165, 1.54) is 0 Å². The SMILES string of the molecule is NC(=O)c1ccc(N[C@H]2CCC[C@H](N)C2)c(Cl)c1. The number of nitrogens with one attached hydrogen (secondary N) is 1. The van der Waals surface area contributed by atoms with Gasteiger partial charge in [0, 0.05) is 17.6 Å². The maximum Gasteiger partial charge on any atom is 0.248 e. The standard InChI is InChI=1S/C13H18ClN3O/c14-11-6-8(13(16)18)4-5-12(11)17-10-3-1-2-9(15)7-10/h4-6,9-10,17H,1-3,7,15H2,(H2,16,18)/t9-,10-/m0/s1. The highest BCUT2D eigenvalue weighted by Crippen LogP contribution is 2.27. The van der Waals surface area contributed by atoms with Crippen LogP contribution in [0.3, 0.4) is 0 Å². The number of primary amides is 1. The number of carbonyl (C=O) groups excluding carboxylic acids is 1. The molecule has 0 heterocycles. The molecule has 1 aliphatic carbocycles. The number of anilines is 1. The molecule has 18 heavy (non-hydrogen) atoms. The van der Waals surface area contributed by atoms with E-state index in [-0.39, 0.29) is 6.04 Å². The number of halogens is 1. The zero-order valence-corrected chi connectivity index (χ0v) is 10.9. The highest BCUT2D eigenvalue weighted by atomic mass is 35.5. The van der Waals surface area contributed by atoms with E-state index < -0.39 is 5.91 Å². The predicted octanol–water partition coefficient (Wildman–Crippen LogP) is 2.12. The Hall–Kier alpha value is -1.26. The molecule has 0 saturated heterocycles. The largest absolute Gasteiger partial charge is 0.381 e. The average Bonchev–Trinajstić information content (AvgIpc) is 2.31. The minimum Gasteiger partial charge on any atom is -0.381 e. The van der Waals surface area contributed by atoms with Crippen molar-refractivity contribution in [1.82, 2.24) is 0 Å². The number of nitrogens with two attached hydrogens (primary N) is 2. The second-order valence-electron chi connectivity index (χ2n) is 4.83. The fraction of sp³-hybridized carbons (Fsp3) is 0.462. The van der Waals surface area contributed by atoms with Gasteiger partial charge in [-0.3, -0.25) is 4.79 Å². The van der Waals surface area contributed by atoms with Gasteiger partial charge >= 0.3 is 0 Å². The number of hydrogen-bond donors (Lipinski definition) is 3. The summed E-state index contributed by atoms with van der Waals surface area (Å²) >= 11 is 6.13. The second kappa shape index (κ2) is 5.59. The van der Waals surface area contributed by atoms with E-state index in [0.717, 1.165) is 31.4 Å². The van der Waals surface area contributed by atoms with E-state index in [2.05, 4.69) is 5.32 Å². The molecule has 0 unspecified atom stereocenters. The van der Waals surface area contributed by atoms with Crippen molar-refractivity contribution in [2.75, 3.05) is 5.32 Å². The van der Waals surface area contributed by atoms with Crippen LogP contribution in [0.15, 0.2) is 18.2 Å². The van der Waals surface area contributed by atoms with Gasteiger partial charge in [-0.25, -0.2) is 0 Å². The van der Waals surface area contributed by atoms with Crippen LogP contribution in [0, 0.1) is 0 Å². The summed E-state index contributed by atoms with van der Waals surface area (Å²) in [4.78, 5) is 11.0. The Bertz CT molecular complexity index is 450.